The molecule has 0 spiro atoms. The van der Waals surface area contributed by atoms with Crippen LogP contribution in [0.1, 0.15) is 22.8 Å². The minimum Gasteiger partial charge on any atom is -0.355 e. The van der Waals surface area contributed by atoms with Crippen LogP contribution in [0.15, 0.2) is 48.5 Å². The van der Waals surface area contributed by atoms with Gasteiger partial charge < -0.3 is 19.9 Å². The van der Waals surface area contributed by atoms with E-state index < -0.39 is 23.5 Å². The third-order valence-corrected chi connectivity index (χ3v) is 5.10. The zero-order valence-electron chi connectivity index (χ0n) is 16.0. The van der Waals surface area contributed by atoms with Crippen molar-refractivity contribution in [2.75, 3.05) is 0 Å². The van der Waals surface area contributed by atoms with Crippen molar-refractivity contribution in [2.45, 2.75) is 12.4 Å². The van der Waals surface area contributed by atoms with E-state index in [2.05, 4.69) is 19.9 Å². The van der Waals surface area contributed by atoms with Crippen LogP contribution in [0, 0.1) is 0 Å². The van der Waals surface area contributed by atoms with E-state index in [0.717, 1.165) is 0 Å². The third kappa shape index (κ3) is 3.57. The SMILES string of the molecule is FC(F)(F)C1=c2ccc([nH]2)=Cc2ccc([nH]2)C(C(F)(F)F)=c2ccc([nH]2)=Cc2ccc1[nH]2. The summed E-state index contributed by atoms with van der Waals surface area (Å²) in [5.41, 5.74) is -1.49. The lowest BCUT2D eigenvalue weighted by atomic mass is 10.2. The quantitative estimate of drug-likeness (QED) is 0.299. The highest BCUT2D eigenvalue weighted by molar-refractivity contribution is 5.69. The molecule has 0 aromatic carbocycles. The number of nitrogens with one attached hydrogen (secondary N) is 4. The fraction of sp³-hybridized carbons (Fsp3) is 0.0909. The van der Waals surface area contributed by atoms with Gasteiger partial charge in [-0.05, 0) is 60.7 Å². The van der Waals surface area contributed by atoms with Crippen molar-refractivity contribution >= 4 is 23.3 Å². The molecule has 4 N–H and O–H groups in total. The van der Waals surface area contributed by atoms with Crippen LogP contribution in [0.25, 0.3) is 23.3 Å². The molecule has 0 atom stereocenters. The molecule has 0 amide bonds. The molecule has 0 saturated heterocycles. The number of hydrogen-bond acceptors (Lipinski definition) is 0. The molecule has 4 aromatic rings. The summed E-state index contributed by atoms with van der Waals surface area (Å²) in [5.74, 6) is 0. The lowest BCUT2D eigenvalue weighted by molar-refractivity contribution is -0.0707. The van der Waals surface area contributed by atoms with Gasteiger partial charge in [0.2, 0.25) is 0 Å². The second-order valence-corrected chi connectivity index (χ2v) is 7.34. The topological polar surface area (TPSA) is 63.2 Å². The van der Waals surface area contributed by atoms with Gasteiger partial charge in [-0.2, -0.15) is 26.3 Å². The van der Waals surface area contributed by atoms with E-state index in [1.165, 1.54) is 60.7 Å². The number of alkyl halides is 6. The summed E-state index contributed by atoms with van der Waals surface area (Å²) in [6.45, 7) is 0. The standard InChI is InChI=1S/C22H14F6N4/c23-21(24,25)19-15-5-1-11(29-15)9-12-2-6-17(30-12)20(22(26,27)28)18-8-4-14(32-18)10-13-3-7-16(19)31-13/h1-10,29-32H. The smallest absolute Gasteiger partial charge is 0.355 e. The highest BCUT2D eigenvalue weighted by atomic mass is 19.4. The van der Waals surface area contributed by atoms with Crippen molar-refractivity contribution in [3.8, 4) is 0 Å². The Kier molecular flexibility index (Phi) is 4.30. The molecule has 0 saturated carbocycles. The molecule has 10 heteroatoms. The first-order chi connectivity index (χ1) is 15.1. The fourth-order valence-corrected chi connectivity index (χ4v) is 3.80. The first-order valence-electron chi connectivity index (χ1n) is 9.43. The predicted octanol–water partition coefficient (Wildman–Crippen LogP) is 2.49. The van der Waals surface area contributed by atoms with Gasteiger partial charge in [-0.1, -0.05) is 0 Å². The van der Waals surface area contributed by atoms with Gasteiger partial charge in [-0.15, -0.1) is 0 Å². The maximum absolute atomic E-state index is 13.9. The van der Waals surface area contributed by atoms with Crippen molar-refractivity contribution in [2.24, 2.45) is 0 Å². The lowest BCUT2D eigenvalue weighted by Crippen LogP contribution is -2.24. The van der Waals surface area contributed by atoms with Gasteiger partial charge in [-0.25, -0.2) is 0 Å². The van der Waals surface area contributed by atoms with Crippen LogP contribution in [0.3, 0.4) is 0 Å². The Balaban J connectivity index is 1.87. The van der Waals surface area contributed by atoms with E-state index in [4.69, 9.17) is 0 Å². The number of rotatable bonds is 0. The number of fused-ring (bicyclic) bond motifs is 8. The second-order valence-electron chi connectivity index (χ2n) is 7.34. The highest BCUT2D eigenvalue weighted by Crippen LogP contribution is 2.32. The van der Waals surface area contributed by atoms with Gasteiger partial charge in [0.25, 0.3) is 0 Å². The van der Waals surface area contributed by atoms with E-state index in [1.54, 1.807) is 0 Å². The Hall–Kier alpha value is -3.82. The van der Waals surface area contributed by atoms with Gasteiger partial charge in [0.15, 0.2) is 0 Å². The van der Waals surface area contributed by atoms with Crippen LogP contribution in [-0.2, 0) is 0 Å². The van der Waals surface area contributed by atoms with E-state index in [-0.39, 0.29) is 22.1 Å². The van der Waals surface area contributed by atoms with Crippen LogP contribution in [0.2, 0.25) is 0 Å². The molecule has 0 fully saturated rings. The molecule has 8 bridgehead atoms. The molecule has 0 radical (unpaired) electrons. The summed E-state index contributed by atoms with van der Waals surface area (Å²) in [5, 5.41) is 0.272. The molecule has 0 aliphatic carbocycles. The Morgan fingerprint density at radius 2 is 0.875 bits per heavy atom. The Bertz CT molecular complexity index is 1430. The average Bonchev–Trinajstić information content (AvgIpc) is 3.44. The molecule has 1 aliphatic rings. The Labute approximate surface area is 175 Å². The van der Waals surface area contributed by atoms with Gasteiger partial charge in [0.1, 0.15) is 11.1 Å². The zero-order chi connectivity index (χ0) is 22.7. The molecular weight excluding hydrogens is 434 g/mol. The number of halogens is 6. The highest BCUT2D eigenvalue weighted by Gasteiger charge is 2.37. The Morgan fingerprint density at radius 3 is 1.25 bits per heavy atom. The van der Waals surface area contributed by atoms with Crippen LogP contribution >= 0.6 is 0 Å². The van der Waals surface area contributed by atoms with Crippen molar-refractivity contribution in [3.63, 3.8) is 0 Å². The molecule has 32 heavy (non-hydrogen) atoms. The third-order valence-electron chi connectivity index (χ3n) is 5.10. The molecule has 5 heterocycles. The van der Waals surface area contributed by atoms with Gasteiger partial charge in [0, 0.05) is 22.1 Å². The number of aromatic amines is 4. The van der Waals surface area contributed by atoms with E-state index in [9.17, 15) is 26.3 Å². The first-order valence-corrected chi connectivity index (χ1v) is 9.43. The van der Waals surface area contributed by atoms with Gasteiger partial charge in [-0.3, -0.25) is 0 Å². The van der Waals surface area contributed by atoms with Crippen LogP contribution in [0.5, 0.6) is 0 Å². The van der Waals surface area contributed by atoms with E-state index in [1.807, 2.05) is 0 Å². The summed E-state index contributed by atoms with van der Waals surface area (Å²) in [7, 11) is 0. The molecule has 4 nitrogen and oxygen atoms in total. The average molecular weight is 448 g/mol. The van der Waals surface area contributed by atoms with Crippen LogP contribution < -0.4 is 21.4 Å². The predicted molar refractivity (Wildman–Crippen MR) is 106 cm³/mol. The lowest BCUT2D eigenvalue weighted by Gasteiger charge is -2.09. The summed E-state index contributed by atoms with van der Waals surface area (Å²) < 4.78 is 83.2. The van der Waals surface area contributed by atoms with Crippen molar-refractivity contribution in [1.29, 1.82) is 0 Å². The molecule has 4 aromatic heterocycles. The first kappa shape index (κ1) is 20.1. The molecule has 1 aliphatic heterocycles. The van der Waals surface area contributed by atoms with Gasteiger partial charge in [0.05, 0.1) is 22.1 Å². The van der Waals surface area contributed by atoms with E-state index in [0.29, 0.717) is 22.1 Å². The molecule has 0 unspecified atom stereocenters. The normalized spacial score (nSPS) is 14.3. The van der Waals surface area contributed by atoms with E-state index >= 15 is 0 Å². The largest absolute Gasteiger partial charge is 0.420 e. The summed E-state index contributed by atoms with van der Waals surface area (Å²) in [4.78, 5) is 10.8. The molecule has 5 rings (SSSR count). The van der Waals surface area contributed by atoms with Crippen LogP contribution in [-0.4, -0.2) is 32.3 Å². The van der Waals surface area contributed by atoms with Crippen molar-refractivity contribution in [1.82, 2.24) is 19.9 Å². The molecule has 164 valence electrons. The zero-order valence-corrected chi connectivity index (χ0v) is 16.0. The fourth-order valence-electron chi connectivity index (χ4n) is 3.80. The Morgan fingerprint density at radius 1 is 0.469 bits per heavy atom. The summed E-state index contributed by atoms with van der Waals surface area (Å²) >= 11 is 0. The monoisotopic (exact) mass is 448 g/mol. The maximum Gasteiger partial charge on any atom is 0.420 e. The van der Waals surface area contributed by atoms with Gasteiger partial charge >= 0.3 is 12.4 Å². The minimum absolute atomic E-state index is 0.166. The van der Waals surface area contributed by atoms with Crippen molar-refractivity contribution in [3.05, 3.63) is 92.7 Å². The maximum atomic E-state index is 13.9. The van der Waals surface area contributed by atoms with Crippen molar-refractivity contribution < 1.29 is 26.3 Å². The molecular formula is C22H14F6N4. The number of H-pyrrole nitrogens is 4. The van der Waals surface area contributed by atoms with Crippen LogP contribution in [0.4, 0.5) is 26.3 Å². The summed E-state index contributed by atoms with van der Waals surface area (Å²) in [6.07, 6.45) is -6.42. The number of hydrogen-bond donors (Lipinski definition) is 4. The summed E-state index contributed by atoms with van der Waals surface area (Å²) in [6, 6.07) is 10.9. The minimum atomic E-state index is -4.65. The second kappa shape index (κ2) is 6.84. The number of aromatic nitrogens is 4.